The number of para-hydroxylation sites is 1. The summed E-state index contributed by atoms with van der Waals surface area (Å²) < 4.78 is 10.7. The first-order valence-corrected chi connectivity index (χ1v) is 10.4. The van der Waals surface area contributed by atoms with Crippen LogP contribution in [0.15, 0.2) is 48.5 Å². The molecule has 2 fully saturated rings. The Kier molecular flexibility index (Phi) is 5.93. The second kappa shape index (κ2) is 8.78. The van der Waals surface area contributed by atoms with E-state index in [1.807, 2.05) is 24.3 Å². The molecule has 6 nitrogen and oxygen atoms in total. The lowest BCUT2D eigenvalue weighted by atomic mass is 9.87. The van der Waals surface area contributed by atoms with Crippen LogP contribution < -0.4 is 14.8 Å². The van der Waals surface area contributed by atoms with Crippen LogP contribution in [0.3, 0.4) is 0 Å². The number of carbonyl (C=O) groups excluding carboxylic acids is 2. The number of benzene rings is 2. The second-order valence-electron chi connectivity index (χ2n) is 8.08. The van der Waals surface area contributed by atoms with Crippen molar-refractivity contribution in [3.05, 3.63) is 59.7 Å². The molecule has 0 radical (unpaired) electrons. The SMILES string of the molecule is COc1ccc(C(=O)N2CC(C(=O)NCC3CC3)C(c3ccccc3OC)C2)cc1. The van der Waals surface area contributed by atoms with Crippen LogP contribution in [-0.4, -0.2) is 50.6 Å². The Morgan fingerprint density at radius 1 is 1.00 bits per heavy atom. The van der Waals surface area contributed by atoms with Crippen molar-refractivity contribution in [1.82, 2.24) is 10.2 Å². The van der Waals surface area contributed by atoms with E-state index in [9.17, 15) is 9.59 Å². The third-order valence-corrected chi connectivity index (χ3v) is 6.08. The standard InChI is InChI=1S/C24H28N2O4/c1-29-18-11-9-17(10-12-18)24(28)26-14-20(19-5-3-4-6-22(19)30-2)21(15-26)23(27)25-13-16-7-8-16/h3-6,9-12,16,20-21H,7-8,13-15H2,1-2H3,(H,25,27). The number of hydrogen-bond acceptors (Lipinski definition) is 4. The van der Waals surface area contributed by atoms with Crippen molar-refractivity contribution in [2.75, 3.05) is 33.9 Å². The normalized spacial score (nSPS) is 20.7. The van der Waals surface area contributed by atoms with E-state index in [-0.39, 0.29) is 23.7 Å². The van der Waals surface area contributed by atoms with Crippen LogP contribution in [-0.2, 0) is 4.79 Å². The number of rotatable bonds is 7. The molecule has 6 heteroatoms. The highest BCUT2D eigenvalue weighted by Gasteiger charge is 2.42. The predicted molar refractivity (Wildman–Crippen MR) is 114 cm³/mol. The summed E-state index contributed by atoms with van der Waals surface area (Å²) in [5.74, 6) is 1.60. The van der Waals surface area contributed by atoms with Gasteiger partial charge in [0.15, 0.2) is 0 Å². The summed E-state index contributed by atoms with van der Waals surface area (Å²) in [6.07, 6.45) is 2.37. The summed E-state index contributed by atoms with van der Waals surface area (Å²) in [5, 5.41) is 3.10. The van der Waals surface area contributed by atoms with Crippen LogP contribution in [0.4, 0.5) is 0 Å². The lowest BCUT2D eigenvalue weighted by Gasteiger charge is -2.20. The molecule has 4 rings (SSSR count). The van der Waals surface area contributed by atoms with Gasteiger partial charge in [0.1, 0.15) is 11.5 Å². The van der Waals surface area contributed by atoms with Crippen LogP contribution in [0.5, 0.6) is 11.5 Å². The van der Waals surface area contributed by atoms with Gasteiger partial charge in [-0.1, -0.05) is 18.2 Å². The molecule has 2 unspecified atom stereocenters. The molecule has 1 saturated heterocycles. The van der Waals surface area contributed by atoms with Crippen molar-refractivity contribution in [3.63, 3.8) is 0 Å². The number of nitrogens with zero attached hydrogens (tertiary/aromatic N) is 1. The summed E-state index contributed by atoms with van der Waals surface area (Å²) in [6.45, 7) is 1.59. The van der Waals surface area contributed by atoms with Crippen molar-refractivity contribution in [3.8, 4) is 11.5 Å². The van der Waals surface area contributed by atoms with Gasteiger partial charge >= 0.3 is 0 Å². The largest absolute Gasteiger partial charge is 0.497 e. The number of carbonyl (C=O) groups is 2. The van der Waals surface area contributed by atoms with E-state index < -0.39 is 0 Å². The van der Waals surface area contributed by atoms with Gasteiger partial charge in [0.25, 0.3) is 5.91 Å². The fourth-order valence-electron chi connectivity index (χ4n) is 4.14. The maximum atomic E-state index is 13.1. The number of methoxy groups -OCH3 is 2. The van der Waals surface area contributed by atoms with E-state index in [0.29, 0.717) is 30.3 Å². The molecule has 0 bridgehead atoms. The molecule has 2 aromatic rings. The molecule has 158 valence electrons. The van der Waals surface area contributed by atoms with E-state index in [1.165, 1.54) is 12.8 Å². The fraction of sp³-hybridized carbons (Fsp3) is 0.417. The Bertz CT molecular complexity index is 908. The Morgan fingerprint density at radius 2 is 1.73 bits per heavy atom. The van der Waals surface area contributed by atoms with Gasteiger partial charge in [-0.05, 0) is 54.7 Å². The first-order valence-electron chi connectivity index (χ1n) is 10.4. The fourth-order valence-corrected chi connectivity index (χ4v) is 4.14. The van der Waals surface area contributed by atoms with Crippen LogP contribution in [0.2, 0.25) is 0 Å². The van der Waals surface area contributed by atoms with Gasteiger partial charge in [-0.25, -0.2) is 0 Å². The molecule has 1 N–H and O–H groups in total. The molecule has 2 aliphatic rings. The summed E-state index contributed by atoms with van der Waals surface area (Å²) in [4.78, 5) is 28.0. The van der Waals surface area contributed by atoms with Crippen molar-refractivity contribution in [2.45, 2.75) is 18.8 Å². The number of nitrogens with one attached hydrogen (secondary N) is 1. The van der Waals surface area contributed by atoms with E-state index in [4.69, 9.17) is 9.47 Å². The van der Waals surface area contributed by atoms with Crippen LogP contribution in [0.25, 0.3) is 0 Å². The summed E-state index contributed by atoms with van der Waals surface area (Å²) in [6, 6.07) is 14.8. The lowest BCUT2D eigenvalue weighted by Crippen LogP contribution is -2.36. The molecule has 0 aromatic heterocycles. The van der Waals surface area contributed by atoms with Crippen LogP contribution >= 0.6 is 0 Å². The number of amides is 2. The Hall–Kier alpha value is -3.02. The zero-order valence-electron chi connectivity index (χ0n) is 17.5. The van der Waals surface area contributed by atoms with Gasteiger partial charge in [-0.15, -0.1) is 0 Å². The molecule has 0 spiro atoms. The van der Waals surface area contributed by atoms with E-state index in [0.717, 1.165) is 17.9 Å². The third-order valence-electron chi connectivity index (χ3n) is 6.08. The maximum absolute atomic E-state index is 13.1. The zero-order valence-corrected chi connectivity index (χ0v) is 17.5. The predicted octanol–water partition coefficient (Wildman–Crippen LogP) is 3.09. The quantitative estimate of drug-likeness (QED) is 0.765. The minimum Gasteiger partial charge on any atom is -0.497 e. The number of likely N-dealkylation sites (tertiary alicyclic amines) is 1. The average Bonchev–Trinajstić information content (AvgIpc) is 3.52. The van der Waals surface area contributed by atoms with Gasteiger partial charge in [0.05, 0.1) is 20.1 Å². The topological polar surface area (TPSA) is 67.9 Å². The lowest BCUT2D eigenvalue weighted by molar-refractivity contribution is -0.125. The maximum Gasteiger partial charge on any atom is 0.253 e. The van der Waals surface area contributed by atoms with Gasteiger partial charge in [0, 0.05) is 31.1 Å². The third kappa shape index (κ3) is 4.27. The van der Waals surface area contributed by atoms with Gasteiger partial charge in [-0.2, -0.15) is 0 Å². The number of hydrogen-bond donors (Lipinski definition) is 1. The molecule has 1 aliphatic carbocycles. The van der Waals surface area contributed by atoms with Gasteiger partial charge in [-0.3, -0.25) is 9.59 Å². The molecule has 2 aromatic carbocycles. The average molecular weight is 408 g/mol. The monoisotopic (exact) mass is 408 g/mol. The molecule has 2 amide bonds. The summed E-state index contributed by atoms with van der Waals surface area (Å²) in [5.41, 5.74) is 1.56. The van der Waals surface area contributed by atoms with Crippen molar-refractivity contribution in [1.29, 1.82) is 0 Å². The van der Waals surface area contributed by atoms with Crippen LogP contribution in [0, 0.1) is 11.8 Å². The Balaban J connectivity index is 1.57. The number of ether oxygens (including phenoxy) is 2. The Labute approximate surface area is 177 Å². The first kappa shape index (κ1) is 20.3. The molecule has 2 atom stereocenters. The summed E-state index contributed by atoms with van der Waals surface area (Å²) in [7, 11) is 3.23. The van der Waals surface area contributed by atoms with E-state index in [2.05, 4.69) is 5.32 Å². The van der Waals surface area contributed by atoms with E-state index in [1.54, 1.807) is 43.4 Å². The highest BCUT2D eigenvalue weighted by Crippen LogP contribution is 2.38. The van der Waals surface area contributed by atoms with E-state index >= 15 is 0 Å². The zero-order chi connectivity index (χ0) is 21.1. The highest BCUT2D eigenvalue weighted by molar-refractivity contribution is 5.95. The second-order valence-corrected chi connectivity index (χ2v) is 8.08. The first-order chi connectivity index (χ1) is 14.6. The molecular formula is C24H28N2O4. The van der Waals surface area contributed by atoms with Crippen LogP contribution in [0.1, 0.15) is 34.7 Å². The highest BCUT2D eigenvalue weighted by atomic mass is 16.5. The van der Waals surface area contributed by atoms with Crippen molar-refractivity contribution in [2.24, 2.45) is 11.8 Å². The van der Waals surface area contributed by atoms with Crippen molar-refractivity contribution < 1.29 is 19.1 Å². The van der Waals surface area contributed by atoms with Crippen molar-refractivity contribution >= 4 is 11.8 Å². The molecule has 30 heavy (non-hydrogen) atoms. The van der Waals surface area contributed by atoms with Gasteiger partial charge < -0.3 is 19.7 Å². The molecule has 1 aliphatic heterocycles. The summed E-state index contributed by atoms with van der Waals surface area (Å²) >= 11 is 0. The molecule has 1 saturated carbocycles. The minimum absolute atomic E-state index is 0.0165. The molecular weight excluding hydrogens is 380 g/mol. The molecule has 1 heterocycles. The van der Waals surface area contributed by atoms with Gasteiger partial charge in [0.2, 0.25) is 5.91 Å². The Morgan fingerprint density at radius 3 is 2.40 bits per heavy atom. The minimum atomic E-state index is -0.303. The smallest absolute Gasteiger partial charge is 0.253 e.